The average molecular weight is 209 g/mol. The summed E-state index contributed by atoms with van der Waals surface area (Å²) in [6.07, 6.45) is 5.32. The van der Waals surface area contributed by atoms with Crippen molar-refractivity contribution in [2.24, 2.45) is 5.92 Å². The van der Waals surface area contributed by atoms with Crippen LogP contribution in [0.4, 0.5) is 0 Å². The van der Waals surface area contributed by atoms with Gasteiger partial charge in [0.15, 0.2) is 0 Å². The Labute approximate surface area is 90.5 Å². The highest BCUT2D eigenvalue weighted by atomic mass is 32.1. The molecule has 1 aromatic rings. The van der Waals surface area contributed by atoms with Crippen LogP contribution in [0, 0.1) is 5.92 Å². The molecule has 1 saturated heterocycles. The molecule has 0 aromatic carbocycles. The lowest BCUT2D eigenvalue weighted by Gasteiger charge is -2.29. The van der Waals surface area contributed by atoms with Crippen molar-refractivity contribution in [3.05, 3.63) is 22.4 Å². The second-order valence-corrected chi connectivity index (χ2v) is 5.27. The summed E-state index contributed by atoms with van der Waals surface area (Å²) >= 11 is 1.89. The molecule has 2 unspecified atom stereocenters. The van der Waals surface area contributed by atoms with E-state index in [2.05, 4.69) is 29.8 Å². The van der Waals surface area contributed by atoms with Gasteiger partial charge in [-0.05, 0) is 43.2 Å². The third kappa shape index (κ3) is 2.58. The Balaban J connectivity index is 1.86. The number of hydrogen-bond donors (Lipinski definition) is 1. The second-order valence-electron chi connectivity index (χ2n) is 4.23. The van der Waals surface area contributed by atoms with Gasteiger partial charge in [-0.25, -0.2) is 0 Å². The lowest BCUT2D eigenvalue weighted by Crippen LogP contribution is -2.39. The van der Waals surface area contributed by atoms with Gasteiger partial charge >= 0.3 is 0 Å². The first kappa shape index (κ1) is 10.2. The average Bonchev–Trinajstić information content (AvgIpc) is 2.71. The molecule has 1 aromatic heterocycles. The largest absolute Gasteiger partial charge is 0.314 e. The van der Waals surface area contributed by atoms with Crippen molar-refractivity contribution in [2.45, 2.75) is 38.6 Å². The lowest BCUT2D eigenvalue weighted by molar-refractivity contribution is 0.295. The van der Waals surface area contributed by atoms with E-state index in [-0.39, 0.29) is 0 Å². The molecule has 0 spiro atoms. The van der Waals surface area contributed by atoms with E-state index in [9.17, 15) is 0 Å². The van der Waals surface area contributed by atoms with Crippen LogP contribution in [0.1, 0.15) is 31.1 Å². The zero-order valence-electron chi connectivity index (χ0n) is 8.83. The van der Waals surface area contributed by atoms with Gasteiger partial charge in [-0.1, -0.05) is 19.4 Å². The zero-order valence-corrected chi connectivity index (χ0v) is 9.65. The van der Waals surface area contributed by atoms with Crippen molar-refractivity contribution >= 4 is 11.3 Å². The van der Waals surface area contributed by atoms with Crippen molar-refractivity contribution in [3.8, 4) is 0 Å². The molecule has 1 N–H and O–H groups in total. The molecule has 1 nitrogen and oxygen atoms in total. The molecule has 1 aliphatic rings. The van der Waals surface area contributed by atoms with Gasteiger partial charge in [-0.15, -0.1) is 11.3 Å². The molecule has 2 heterocycles. The van der Waals surface area contributed by atoms with Crippen LogP contribution in [0.5, 0.6) is 0 Å². The Morgan fingerprint density at radius 3 is 3.21 bits per heavy atom. The van der Waals surface area contributed by atoms with E-state index >= 15 is 0 Å². The molecular formula is C12H19NS. The standard InChI is InChI=1S/C12H19NS/c1-2-10-5-6-13-11(8-10)9-12-4-3-7-14-12/h3-4,7,10-11,13H,2,5-6,8-9H2,1H3. The maximum Gasteiger partial charge on any atom is 0.0118 e. The first-order valence-electron chi connectivity index (χ1n) is 5.64. The molecule has 0 bridgehead atoms. The van der Waals surface area contributed by atoms with Crippen LogP contribution in [0.25, 0.3) is 0 Å². The fourth-order valence-electron chi connectivity index (χ4n) is 2.29. The molecule has 14 heavy (non-hydrogen) atoms. The molecule has 78 valence electrons. The van der Waals surface area contributed by atoms with E-state index in [4.69, 9.17) is 0 Å². The maximum atomic E-state index is 3.63. The summed E-state index contributed by atoms with van der Waals surface area (Å²) in [5.41, 5.74) is 0. The minimum Gasteiger partial charge on any atom is -0.314 e. The van der Waals surface area contributed by atoms with Crippen LogP contribution in [-0.4, -0.2) is 12.6 Å². The van der Waals surface area contributed by atoms with Gasteiger partial charge in [0.25, 0.3) is 0 Å². The van der Waals surface area contributed by atoms with E-state index in [1.807, 2.05) is 11.3 Å². The van der Waals surface area contributed by atoms with Crippen molar-refractivity contribution in [2.75, 3.05) is 6.54 Å². The number of piperidine rings is 1. The van der Waals surface area contributed by atoms with Crippen LogP contribution in [0.3, 0.4) is 0 Å². The maximum absolute atomic E-state index is 3.63. The van der Waals surface area contributed by atoms with E-state index in [0.29, 0.717) is 0 Å². The summed E-state index contributed by atoms with van der Waals surface area (Å²) in [5.74, 6) is 0.959. The van der Waals surface area contributed by atoms with Gasteiger partial charge < -0.3 is 5.32 Å². The van der Waals surface area contributed by atoms with E-state index in [1.165, 1.54) is 37.1 Å². The first-order chi connectivity index (χ1) is 6.88. The predicted octanol–water partition coefficient (Wildman–Crippen LogP) is 3.07. The summed E-state index contributed by atoms with van der Waals surface area (Å²) in [7, 11) is 0. The van der Waals surface area contributed by atoms with Crippen LogP contribution in [0.15, 0.2) is 17.5 Å². The molecular weight excluding hydrogens is 190 g/mol. The molecule has 0 amide bonds. The van der Waals surface area contributed by atoms with E-state index < -0.39 is 0 Å². The van der Waals surface area contributed by atoms with Crippen LogP contribution in [-0.2, 0) is 6.42 Å². The highest BCUT2D eigenvalue weighted by molar-refractivity contribution is 7.09. The third-order valence-corrected chi connectivity index (χ3v) is 4.11. The molecule has 2 atom stereocenters. The summed E-state index contributed by atoms with van der Waals surface area (Å²) in [4.78, 5) is 1.53. The van der Waals surface area contributed by atoms with Crippen molar-refractivity contribution in [1.29, 1.82) is 0 Å². The Morgan fingerprint density at radius 2 is 2.50 bits per heavy atom. The normalized spacial score (nSPS) is 27.8. The molecule has 0 aliphatic carbocycles. The van der Waals surface area contributed by atoms with Crippen molar-refractivity contribution < 1.29 is 0 Å². The lowest BCUT2D eigenvalue weighted by atomic mass is 9.89. The minimum atomic E-state index is 0.729. The van der Waals surface area contributed by atoms with E-state index in [1.54, 1.807) is 0 Å². The molecule has 2 heteroatoms. The number of hydrogen-bond acceptors (Lipinski definition) is 2. The zero-order chi connectivity index (χ0) is 9.80. The summed E-state index contributed by atoms with van der Waals surface area (Å²) in [6, 6.07) is 5.13. The Bertz CT molecular complexity index is 255. The topological polar surface area (TPSA) is 12.0 Å². The van der Waals surface area contributed by atoms with Gasteiger partial charge in [-0.2, -0.15) is 0 Å². The summed E-state index contributed by atoms with van der Waals surface area (Å²) < 4.78 is 0. The van der Waals surface area contributed by atoms with Crippen LogP contribution < -0.4 is 5.32 Å². The SMILES string of the molecule is CCC1CCNC(Cc2cccs2)C1. The smallest absolute Gasteiger partial charge is 0.0118 e. The highest BCUT2D eigenvalue weighted by Crippen LogP contribution is 2.22. The Kier molecular flexibility index (Phi) is 3.60. The fraction of sp³-hybridized carbons (Fsp3) is 0.667. The first-order valence-corrected chi connectivity index (χ1v) is 6.52. The van der Waals surface area contributed by atoms with Crippen LogP contribution in [0.2, 0.25) is 0 Å². The van der Waals surface area contributed by atoms with E-state index in [0.717, 1.165) is 12.0 Å². The number of rotatable bonds is 3. The Hall–Kier alpha value is -0.340. The quantitative estimate of drug-likeness (QED) is 0.806. The number of nitrogens with one attached hydrogen (secondary N) is 1. The second kappa shape index (κ2) is 4.94. The van der Waals surface area contributed by atoms with Gasteiger partial charge in [0.05, 0.1) is 0 Å². The molecule has 2 rings (SSSR count). The summed E-state index contributed by atoms with van der Waals surface area (Å²) in [5, 5.41) is 5.80. The predicted molar refractivity (Wildman–Crippen MR) is 62.8 cm³/mol. The summed E-state index contributed by atoms with van der Waals surface area (Å²) in [6.45, 7) is 3.53. The van der Waals surface area contributed by atoms with Crippen LogP contribution >= 0.6 is 11.3 Å². The number of thiophene rings is 1. The Morgan fingerprint density at radius 1 is 1.57 bits per heavy atom. The monoisotopic (exact) mass is 209 g/mol. The highest BCUT2D eigenvalue weighted by Gasteiger charge is 2.20. The van der Waals surface area contributed by atoms with Crippen molar-refractivity contribution in [1.82, 2.24) is 5.32 Å². The van der Waals surface area contributed by atoms with Gasteiger partial charge in [-0.3, -0.25) is 0 Å². The molecule has 0 radical (unpaired) electrons. The van der Waals surface area contributed by atoms with Gasteiger partial charge in [0.1, 0.15) is 0 Å². The molecule has 1 aliphatic heterocycles. The third-order valence-electron chi connectivity index (χ3n) is 3.21. The van der Waals surface area contributed by atoms with Crippen molar-refractivity contribution in [3.63, 3.8) is 0 Å². The minimum absolute atomic E-state index is 0.729. The molecule has 0 saturated carbocycles. The van der Waals surface area contributed by atoms with Gasteiger partial charge in [0.2, 0.25) is 0 Å². The van der Waals surface area contributed by atoms with Gasteiger partial charge in [0, 0.05) is 10.9 Å². The fourth-order valence-corrected chi connectivity index (χ4v) is 3.08. The molecule has 1 fully saturated rings.